The van der Waals surface area contributed by atoms with Crippen LogP contribution in [0.1, 0.15) is 33.6 Å². The third kappa shape index (κ3) is 3.31. The van der Waals surface area contributed by atoms with Crippen LogP contribution in [0.25, 0.3) is 0 Å². The average Bonchev–Trinajstić information content (AvgIpc) is 2.08. The van der Waals surface area contributed by atoms with Crippen LogP contribution in [0.15, 0.2) is 0 Å². The first-order valence-electron chi connectivity index (χ1n) is 5.13. The summed E-state index contributed by atoms with van der Waals surface area (Å²) in [4.78, 5) is 0. The quantitative estimate of drug-likeness (QED) is 0.574. The van der Waals surface area contributed by atoms with E-state index in [4.69, 9.17) is 4.74 Å². The maximum Gasteiger partial charge on any atom is 0.0612 e. The molecule has 0 radical (unpaired) electrons. The predicted molar refractivity (Wildman–Crippen MR) is 67.9 cm³/mol. The summed E-state index contributed by atoms with van der Waals surface area (Å²) < 4.78 is 10.9. The molecule has 0 aromatic rings. The molecule has 0 amide bonds. The molecule has 1 aliphatic heterocycles. The first-order valence-corrected chi connectivity index (χ1v) is 7.90. The molecule has 3 atom stereocenters. The predicted octanol–water partition coefficient (Wildman–Crippen LogP) is 3.23. The highest BCUT2D eigenvalue weighted by Gasteiger charge is 2.29. The lowest BCUT2D eigenvalue weighted by Crippen LogP contribution is -2.36. The van der Waals surface area contributed by atoms with Gasteiger partial charge in [0.15, 0.2) is 0 Å². The van der Waals surface area contributed by atoms with Crippen molar-refractivity contribution >= 4 is 25.2 Å². The van der Waals surface area contributed by atoms with Crippen LogP contribution in [0.5, 0.6) is 0 Å². The normalized spacial score (nSPS) is 35.2. The molecule has 1 heterocycles. The lowest BCUT2D eigenvalue weighted by atomic mass is 9.90. The Morgan fingerprint density at radius 1 is 1.54 bits per heavy atom. The molecule has 0 saturated carbocycles. The van der Waals surface area contributed by atoms with E-state index in [0.29, 0.717) is 6.10 Å². The summed E-state index contributed by atoms with van der Waals surface area (Å²) in [5.74, 6) is 1.51. The molecule has 0 N–H and O–H groups in total. The summed E-state index contributed by atoms with van der Waals surface area (Å²) in [5.41, 5.74) is 0. The topological polar surface area (TPSA) is 9.23 Å². The number of alkyl halides is 1. The summed E-state index contributed by atoms with van der Waals surface area (Å²) >= 11 is 0.163. The van der Waals surface area contributed by atoms with Crippen molar-refractivity contribution in [3.05, 3.63) is 0 Å². The van der Waals surface area contributed by atoms with Crippen molar-refractivity contribution < 1.29 is 4.74 Å². The van der Waals surface area contributed by atoms with Crippen LogP contribution < -0.4 is 0 Å². The monoisotopic (exact) mass is 296 g/mol. The molecule has 78 valence electrons. The Balaban J connectivity index is 2.49. The third-order valence-corrected chi connectivity index (χ3v) is 5.67. The Kier molecular flexibility index (Phi) is 4.87. The Morgan fingerprint density at radius 2 is 2.23 bits per heavy atom. The highest BCUT2D eigenvalue weighted by atomic mass is 127. The smallest absolute Gasteiger partial charge is 0.0612 e. The van der Waals surface area contributed by atoms with E-state index in [-0.39, 0.29) is 20.7 Å². The van der Waals surface area contributed by atoms with Gasteiger partial charge in [0.05, 0.1) is 6.10 Å². The van der Waals surface area contributed by atoms with Gasteiger partial charge >= 0.3 is 0 Å². The second kappa shape index (κ2) is 5.44. The van der Waals surface area contributed by atoms with Crippen molar-refractivity contribution in [2.24, 2.45) is 11.8 Å². The number of halogens is 1. The van der Waals surface area contributed by atoms with Crippen molar-refractivity contribution in [2.75, 3.05) is 6.61 Å². The Labute approximate surface area is 92.0 Å². The maximum absolute atomic E-state index is 5.82. The van der Waals surface area contributed by atoms with E-state index in [1.165, 1.54) is 12.8 Å². The van der Waals surface area contributed by atoms with Gasteiger partial charge in [-0.2, -0.15) is 0 Å². The molecule has 0 aliphatic carbocycles. The SMILES string of the molecule is C=IC1CCOC(CC(C)C)[C@H]1C. The summed E-state index contributed by atoms with van der Waals surface area (Å²) in [5, 5.41) is 0. The van der Waals surface area contributed by atoms with E-state index in [1.807, 2.05) is 0 Å². The lowest BCUT2D eigenvalue weighted by Gasteiger charge is -2.35. The van der Waals surface area contributed by atoms with Gasteiger partial charge in [0.1, 0.15) is 0 Å². The second-order valence-electron chi connectivity index (χ2n) is 4.36. The molecule has 1 rings (SSSR count). The van der Waals surface area contributed by atoms with Crippen molar-refractivity contribution in [2.45, 2.75) is 43.6 Å². The largest absolute Gasteiger partial charge is 0.378 e. The molecule has 0 aromatic carbocycles. The summed E-state index contributed by atoms with van der Waals surface area (Å²) in [6.07, 6.45) is 2.99. The van der Waals surface area contributed by atoms with Crippen LogP contribution in [0.4, 0.5) is 0 Å². The Morgan fingerprint density at radius 3 is 2.77 bits per heavy atom. The molecule has 2 unspecified atom stereocenters. The molecule has 0 bridgehead atoms. The number of ether oxygens (including phenoxy) is 1. The molecule has 13 heavy (non-hydrogen) atoms. The fourth-order valence-corrected chi connectivity index (χ4v) is 3.90. The minimum Gasteiger partial charge on any atom is -0.378 e. The number of rotatable bonds is 3. The molecular formula is C11H21IO. The third-order valence-electron chi connectivity index (χ3n) is 2.78. The van der Waals surface area contributed by atoms with E-state index < -0.39 is 0 Å². The van der Waals surface area contributed by atoms with Gasteiger partial charge < -0.3 is 4.74 Å². The molecule has 0 spiro atoms. The zero-order valence-electron chi connectivity index (χ0n) is 8.92. The van der Waals surface area contributed by atoms with Crippen LogP contribution in [-0.4, -0.2) is 21.2 Å². The fourth-order valence-electron chi connectivity index (χ4n) is 1.94. The Bertz CT molecular complexity index is 167. The first kappa shape index (κ1) is 11.6. The van der Waals surface area contributed by atoms with Gasteiger partial charge in [-0.15, -0.1) is 20.7 Å². The first-order chi connectivity index (χ1) is 6.15. The van der Waals surface area contributed by atoms with Gasteiger partial charge in [0.2, 0.25) is 0 Å². The van der Waals surface area contributed by atoms with Gasteiger partial charge in [-0.25, -0.2) is 0 Å². The van der Waals surface area contributed by atoms with Crippen LogP contribution in [0.2, 0.25) is 0 Å². The minimum absolute atomic E-state index is 0.163. The van der Waals surface area contributed by atoms with Gasteiger partial charge in [-0.1, -0.05) is 25.3 Å². The molecule has 1 fully saturated rings. The Hall–Kier alpha value is 0.560. The van der Waals surface area contributed by atoms with Gasteiger partial charge in [-0.05, 0) is 24.7 Å². The summed E-state index contributed by atoms with van der Waals surface area (Å²) in [7, 11) is 0. The van der Waals surface area contributed by atoms with Gasteiger partial charge in [0, 0.05) is 10.5 Å². The van der Waals surface area contributed by atoms with Gasteiger partial charge in [-0.3, -0.25) is 0 Å². The molecule has 1 nitrogen and oxygen atoms in total. The fraction of sp³-hybridized carbons (Fsp3) is 0.909. The van der Waals surface area contributed by atoms with Gasteiger partial charge in [0.25, 0.3) is 0 Å². The van der Waals surface area contributed by atoms with Crippen LogP contribution >= 0.6 is 20.7 Å². The number of hydrogen-bond donors (Lipinski definition) is 0. The number of hydrogen-bond acceptors (Lipinski definition) is 1. The van der Waals surface area contributed by atoms with Crippen LogP contribution in [0, 0.1) is 11.8 Å². The summed E-state index contributed by atoms with van der Waals surface area (Å²) in [6.45, 7) is 7.88. The standard InChI is InChI=1S/C11H21IO/c1-8(2)7-11-9(3)10(12-4)5-6-13-11/h8-11H,4-7H2,1-3H3/t9-,10?,11?/m0/s1. The van der Waals surface area contributed by atoms with Crippen LogP contribution in [-0.2, 0) is 4.74 Å². The highest BCUT2D eigenvalue weighted by molar-refractivity contribution is 14.2. The molecule has 1 saturated heterocycles. The molecular weight excluding hydrogens is 275 g/mol. The second-order valence-corrected chi connectivity index (χ2v) is 6.84. The molecule has 2 heteroatoms. The maximum atomic E-state index is 5.82. The lowest BCUT2D eigenvalue weighted by molar-refractivity contribution is -0.0251. The minimum atomic E-state index is 0.163. The van der Waals surface area contributed by atoms with Crippen molar-refractivity contribution in [1.29, 1.82) is 0 Å². The van der Waals surface area contributed by atoms with E-state index in [0.717, 1.165) is 22.4 Å². The van der Waals surface area contributed by atoms with Crippen molar-refractivity contribution in [3.63, 3.8) is 0 Å². The highest BCUT2D eigenvalue weighted by Crippen LogP contribution is 2.32. The van der Waals surface area contributed by atoms with Crippen molar-refractivity contribution in [3.8, 4) is 0 Å². The summed E-state index contributed by atoms with van der Waals surface area (Å²) in [6, 6.07) is 0. The van der Waals surface area contributed by atoms with E-state index >= 15 is 0 Å². The molecule has 1 aliphatic rings. The van der Waals surface area contributed by atoms with E-state index in [9.17, 15) is 0 Å². The zero-order chi connectivity index (χ0) is 9.84. The average molecular weight is 296 g/mol. The molecule has 0 aromatic heterocycles. The van der Waals surface area contributed by atoms with Crippen molar-refractivity contribution in [1.82, 2.24) is 0 Å². The zero-order valence-corrected chi connectivity index (χ0v) is 11.1. The van der Waals surface area contributed by atoms with E-state index in [1.54, 1.807) is 0 Å². The van der Waals surface area contributed by atoms with Crippen LogP contribution in [0.3, 0.4) is 0 Å². The van der Waals surface area contributed by atoms with E-state index in [2.05, 4.69) is 25.3 Å².